The van der Waals surface area contributed by atoms with Gasteiger partial charge in [-0.05, 0) is 30.3 Å². The zero-order valence-corrected chi connectivity index (χ0v) is 11.0. The molecule has 0 bridgehead atoms. The number of aromatic nitrogens is 1. The molecule has 3 nitrogen and oxygen atoms in total. The average Bonchev–Trinajstić information content (AvgIpc) is 3.00. The van der Waals surface area contributed by atoms with Crippen molar-refractivity contribution in [1.29, 1.82) is 10.5 Å². The molecule has 0 radical (unpaired) electrons. The molecule has 0 aliphatic carbocycles. The van der Waals surface area contributed by atoms with E-state index in [2.05, 4.69) is 12.1 Å². The summed E-state index contributed by atoms with van der Waals surface area (Å²) in [5.74, 6) is 0. The predicted octanol–water partition coefficient (Wildman–Crippen LogP) is 3.65. The molecule has 0 saturated carbocycles. The summed E-state index contributed by atoms with van der Waals surface area (Å²) in [6.07, 6.45) is 1.96. The van der Waals surface area contributed by atoms with Gasteiger partial charge in [-0.15, -0.1) is 11.3 Å². The zero-order valence-electron chi connectivity index (χ0n) is 10.2. The van der Waals surface area contributed by atoms with Crippen molar-refractivity contribution in [2.24, 2.45) is 7.05 Å². The van der Waals surface area contributed by atoms with Crippen LogP contribution in [0.4, 0.5) is 0 Å². The lowest BCUT2D eigenvalue weighted by molar-refractivity contribution is 0.939. The Bertz CT molecular complexity index is 856. The van der Waals surface area contributed by atoms with E-state index in [1.807, 2.05) is 36.0 Å². The molecule has 0 unspecified atom stereocenters. The normalized spacial score (nSPS) is 10.3. The standard InChI is InChI=1S/C15H9N3S/c1-18-6-2-3-13(18)15-12(9-17)11-7-10(8-16)4-5-14(11)19-15/h2-7H,1H3. The molecule has 0 aliphatic heterocycles. The Morgan fingerprint density at radius 1 is 1.16 bits per heavy atom. The van der Waals surface area contributed by atoms with Crippen LogP contribution in [0.1, 0.15) is 11.1 Å². The van der Waals surface area contributed by atoms with Crippen molar-refractivity contribution in [1.82, 2.24) is 4.57 Å². The van der Waals surface area contributed by atoms with Crippen LogP contribution >= 0.6 is 11.3 Å². The minimum absolute atomic E-state index is 0.584. The lowest BCUT2D eigenvalue weighted by atomic mass is 10.1. The highest BCUT2D eigenvalue weighted by Gasteiger charge is 2.15. The zero-order chi connectivity index (χ0) is 13.4. The van der Waals surface area contributed by atoms with E-state index in [0.717, 1.165) is 20.7 Å². The van der Waals surface area contributed by atoms with Crippen LogP contribution in [0.3, 0.4) is 0 Å². The fourth-order valence-electron chi connectivity index (χ4n) is 2.16. The highest BCUT2D eigenvalue weighted by molar-refractivity contribution is 7.22. The highest BCUT2D eigenvalue weighted by Crippen LogP contribution is 2.38. The molecule has 0 saturated heterocycles. The molecule has 1 aromatic carbocycles. The molecule has 0 aliphatic rings. The van der Waals surface area contributed by atoms with Crippen LogP contribution in [0.15, 0.2) is 36.5 Å². The maximum absolute atomic E-state index is 9.42. The Hall–Kier alpha value is -2.56. The van der Waals surface area contributed by atoms with Crippen molar-refractivity contribution in [3.8, 4) is 22.7 Å². The van der Waals surface area contributed by atoms with Gasteiger partial charge in [-0.3, -0.25) is 0 Å². The van der Waals surface area contributed by atoms with Crippen molar-refractivity contribution in [2.75, 3.05) is 0 Å². The molecule has 2 heterocycles. The average molecular weight is 263 g/mol. The monoisotopic (exact) mass is 263 g/mol. The van der Waals surface area contributed by atoms with Crippen molar-refractivity contribution in [3.63, 3.8) is 0 Å². The first kappa shape index (κ1) is 11.5. The summed E-state index contributed by atoms with van der Waals surface area (Å²) in [5.41, 5.74) is 2.26. The Labute approximate surface area is 114 Å². The van der Waals surface area contributed by atoms with Crippen LogP contribution in [0.25, 0.3) is 20.7 Å². The third-order valence-corrected chi connectivity index (χ3v) is 4.30. The van der Waals surface area contributed by atoms with Crippen LogP contribution in [0.5, 0.6) is 0 Å². The van der Waals surface area contributed by atoms with E-state index >= 15 is 0 Å². The number of hydrogen-bond acceptors (Lipinski definition) is 3. The van der Waals surface area contributed by atoms with Crippen LogP contribution in [-0.2, 0) is 7.05 Å². The minimum Gasteiger partial charge on any atom is -0.350 e. The van der Waals surface area contributed by atoms with Crippen molar-refractivity contribution in [3.05, 3.63) is 47.7 Å². The molecular weight excluding hydrogens is 254 g/mol. The van der Waals surface area contributed by atoms with Gasteiger partial charge in [0.1, 0.15) is 6.07 Å². The van der Waals surface area contributed by atoms with E-state index in [1.54, 1.807) is 23.5 Å². The fraction of sp³-hybridized carbons (Fsp3) is 0.0667. The SMILES string of the molecule is Cn1cccc1-c1sc2ccc(C#N)cc2c1C#N. The highest BCUT2D eigenvalue weighted by atomic mass is 32.1. The molecule has 2 aromatic heterocycles. The summed E-state index contributed by atoms with van der Waals surface area (Å²) in [6, 6.07) is 13.8. The molecule has 19 heavy (non-hydrogen) atoms. The van der Waals surface area contributed by atoms with Crippen molar-refractivity contribution in [2.45, 2.75) is 0 Å². The second-order valence-corrected chi connectivity index (χ2v) is 5.30. The lowest BCUT2D eigenvalue weighted by Crippen LogP contribution is -1.88. The van der Waals surface area contributed by atoms with Crippen LogP contribution < -0.4 is 0 Å². The number of rotatable bonds is 1. The smallest absolute Gasteiger partial charge is 0.101 e. The van der Waals surface area contributed by atoms with E-state index in [0.29, 0.717) is 11.1 Å². The molecular formula is C15H9N3S. The van der Waals surface area contributed by atoms with Gasteiger partial charge in [0.05, 0.1) is 27.8 Å². The van der Waals surface area contributed by atoms with Gasteiger partial charge >= 0.3 is 0 Å². The van der Waals surface area contributed by atoms with Crippen LogP contribution in [-0.4, -0.2) is 4.57 Å². The number of aryl methyl sites for hydroxylation is 1. The Balaban J connectivity index is 2.37. The number of hydrogen-bond donors (Lipinski definition) is 0. The first-order valence-corrected chi connectivity index (χ1v) is 6.54. The van der Waals surface area contributed by atoms with E-state index in [9.17, 15) is 5.26 Å². The topological polar surface area (TPSA) is 52.5 Å². The Morgan fingerprint density at radius 3 is 2.63 bits per heavy atom. The number of nitrogens with zero attached hydrogens (tertiary/aromatic N) is 3. The number of thiophene rings is 1. The summed E-state index contributed by atoms with van der Waals surface area (Å²) in [7, 11) is 1.96. The van der Waals surface area contributed by atoms with Crippen LogP contribution in [0, 0.1) is 22.7 Å². The number of fused-ring (bicyclic) bond motifs is 1. The predicted molar refractivity (Wildman–Crippen MR) is 75.7 cm³/mol. The lowest BCUT2D eigenvalue weighted by Gasteiger charge is -2.00. The first-order chi connectivity index (χ1) is 9.24. The molecule has 0 N–H and O–H groups in total. The van der Waals surface area contributed by atoms with Gasteiger partial charge in [0, 0.05) is 23.3 Å². The summed E-state index contributed by atoms with van der Waals surface area (Å²) >= 11 is 1.59. The second-order valence-electron chi connectivity index (χ2n) is 4.25. The Morgan fingerprint density at radius 2 is 2.00 bits per heavy atom. The summed E-state index contributed by atoms with van der Waals surface area (Å²) in [6.45, 7) is 0. The molecule has 0 amide bonds. The maximum atomic E-state index is 9.42. The molecule has 3 aromatic rings. The number of benzene rings is 1. The van der Waals surface area contributed by atoms with Crippen molar-refractivity contribution < 1.29 is 0 Å². The van der Waals surface area contributed by atoms with Gasteiger partial charge in [-0.25, -0.2) is 0 Å². The van der Waals surface area contributed by atoms with Gasteiger partial charge in [0.15, 0.2) is 0 Å². The first-order valence-electron chi connectivity index (χ1n) is 5.73. The molecule has 3 rings (SSSR count). The minimum atomic E-state index is 0.584. The van der Waals surface area contributed by atoms with E-state index < -0.39 is 0 Å². The second kappa shape index (κ2) is 4.28. The van der Waals surface area contributed by atoms with Gasteiger partial charge in [0.2, 0.25) is 0 Å². The van der Waals surface area contributed by atoms with Crippen molar-refractivity contribution >= 4 is 21.4 Å². The Kier molecular flexibility index (Phi) is 2.59. The molecule has 0 spiro atoms. The van der Waals surface area contributed by atoms with E-state index in [1.165, 1.54) is 0 Å². The summed E-state index contributed by atoms with van der Waals surface area (Å²) < 4.78 is 3.03. The summed E-state index contributed by atoms with van der Waals surface area (Å²) in [4.78, 5) is 0.958. The quantitative estimate of drug-likeness (QED) is 0.673. The summed E-state index contributed by atoms with van der Waals surface area (Å²) in [5, 5.41) is 19.2. The van der Waals surface area contributed by atoms with E-state index in [4.69, 9.17) is 5.26 Å². The largest absolute Gasteiger partial charge is 0.350 e. The molecule has 90 valence electrons. The van der Waals surface area contributed by atoms with Crippen LogP contribution in [0.2, 0.25) is 0 Å². The fourth-order valence-corrected chi connectivity index (χ4v) is 3.36. The third kappa shape index (κ3) is 1.71. The van der Waals surface area contributed by atoms with Gasteiger partial charge in [-0.1, -0.05) is 0 Å². The van der Waals surface area contributed by atoms with Gasteiger partial charge in [0.25, 0.3) is 0 Å². The molecule has 0 atom stereocenters. The van der Waals surface area contributed by atoms with Gasteiger partial charge in [-0.2, -0.15) is 10.5 Å². The van der Waals surface area contributed by atoms with Gasteiger partial charge < -0.3 is 4.57 Å². The number of nitriles is 2. The maximum Gasteiger partial charge on any atom is 0.101 e. The third-order valence-electron chi connectivity index (χ3n) is 3.11. The molecule has 0 fully saturated rings. The van der Waals surface area contributed by atoms with E-state index in [-0.39, 0.29) is 0 Å². The molecule has 4 heteroatoms.